The van der Waals surface area contributed by atoms with Crippen LogP contribution in [0.2, 0.25) is 0 Å². The number of amides is 2. The van der Waals surface area contributed by atoms with Gasteiger partial charge in [0.25, 0.3) is 11.8 Å². The van der Waals surface area contributed by atoms with Crippen LogP contribution in [0.5, 0.6) is 0 Å². The Labute approximate surface area is 169 Å². The molecule has 2 N–H and O–H groups in total. The van der Waals surface area contributed by atoms with Crippen molar-refractivity contribution in [1.82, 2.24) is 10.3 Å². The third-order valence-electron chi connectivity index (χ3n) is 4.63. The monoisotopic (exact) mass is 391 g/mol. The van der Waals surface area contributed by atoms with E-state index in [1.807, 2.05) is 32.0 Å². The molecule has 0 saturated heterocycles. The number of aromatic nitrogens is 1. The first-order chi connectivity index (χ1) is 13.9. The Hall–Kier alpha value is -3.54. The first-order valence-corrected chi connectivity index (χ1v) is 9.29. The topological polar surface area (TPSA) is 71.1 Å². The average molecular weight is 391 g/mol. The van der Waals surface area contributed by atoms with E-state index in [4.69, 9.17) is 0 Å². The lowest BCUT2D eigenvalue weighted by Gasteiger charge is -2.09. The molecule has 1 heterocycles. The van der Waals surface area contributed by atoms with Crippen molar-refractivity contribution >= 4 is 17.5 Å². The van der Waals surface area contributed by atoms with Crippen molar-refractivity contribution in [3.63, 3.8) is 0 Å². The van der Waals surface area contributed by atoms with Crippen molar-refractivity contribution in [2.24, 2.45) is 0 Å². The van der Waals surface area contributed by atoms with Crippen LogP contribution in [0.15, 0.2) is 60.8 Å². The van der Waals surface area contributed by atoms with Gasteiger partial charge in [0.15, 0.2) is 0 Å². The number of carbonyl (C=O) groups excluding carboxylic acids is 2. The first-order valence-electron chi connectivity index (χ1n) is 9.29. The number of halogens is 1. The molecule has 0 aliphatic rings. The molecule has 0 unspecified atom stereocenters. The van der Waals surface area contributed by atoms with Crippen LogP contribution in [-0.4, -0.2) is 23.3 Å². The molecule has 0 saturated carbocycles. The van der Waals surface area contributed by atoms with E-state index in [2.05, 4.69) is 15.6 Å². The highest BCUT2D eigenvalue weighted by Gasteiger charge is 2.12. The van der Waals surface area contributed by atoms with Crippen LogP contribution >= 0.6 is 0 Å². The van der Waals surface area contributed by atoms with Crippen LogP contribution in [0.4, 0.5) is 10.1 Å². The van der Waals surface area contributed by atoms with Crippen LogP contribution in [0, 0.1) is 19.7 Å². The molecular weight excluding hydrogens is 369 g/mol. The summed E-state index contributed by atoms with van der Waals surface area (Å²) in [4.78, 5) is 28.9. The summed E-state index contributed by atoms with van der Waals surface area (Å²) in [5, 5.41) is 5.60. The highest BCUT2D eigenvalue weighted by atomic mass is 19.1. The average Bonchev–Trinajstić information content (AvgIpc) is 2.72. The number of pyridine rings is 1. The quantitative estimate of drug-likeness (QED) is 0.666. The largest absolute Gasteiger partial charge is 0.350 e. The van der Waals surface area contributed by atoms with E-state index in [1.165, 1.54) is 24.4 Å². The molecular formula is C23H22FN3O2. The third kappa shape index (κ3) is 5.48. The van der Waals surface area contributed by atoms with Crippen LogP contribution in [0.25, 0.3) is 0 Å². The van der Waals surface area contributed by atoms with Gasteiger partial charge in [0.05, 0.1) is 0 Å². The number of carbonyl (C=O) groups is 2. The van der Waals surface area contributed by atoms with Gasteiger partial charge in [0.1, 0.15) is 11.5 Å². The standard InChI is InChI=1S/C23H22FN3O2/c1-15-3-8-20(13-16(15)2)27-22(28)18-10-12-25-21(14-18)23(29)26-11-9-17-4-6-19(24)7-5-17/h3-8,10,12-14H,9,11H2,1-2H3,(H,26,29)(H,27,28). The Balaban J connectivity index is 1.60. The number of benzene rings is 2. The number of nitrogens with zero attached hydrogens (tertiary/aromatic N) is 1. The summed E-state index contributed by atoms with van der Waals surface area (Å²) >= 11 is 0. The van der Waals surface area contributed by atoms with Gasteiger partial charge in [-0.2, -0.15) is 0 Å². The Morgan fingerprint density at radius 3 is 2.41 bits per heavy atom. The molecule has 6 heteroatoms. The van der Waals surface area contributed by atoms with Crippen molar-refractivity contribution in [2.45, 2.75) is 20.3 Å². The maximum Gasteiger partial charge on any atom is 0.269 e. The van der Waals surface area contributed by atoms with E-state index >= 15 is 0 Å². The summed E-state index contributed by atoms with van der Waals surface area (Å²) in [5.41, 5.74) is 4.35. The number of anilines is 1. The van der Waals surface area contributed by atoms with Crippen LogP contribution in [-0.2, 0) is 6.42 Å². The Kier molecular flexibility index (Phi) is 6.34. The molecule has 2 aromatic carbocycles. The lowest BCUT2D eigenvalue weighted by Crippen LogP contribution is -2.27. The van der Waals surface area contributed by atoms with Crippen molar-refractivity contribution < 1.29 is 14.0 Å². The summed E-state index contributed by atoms with van der Waals surface area (Å²) in [6.45, 7) is 4.36. The lowest BCUT2D eigenvalue weighted by molar-refractivity contribution is 0.0949. The predicted molar refractivity (Wildman–Crippen MR) is 111 cm³/mol. The van der Waals surface area contributed by atoms with Gasteiger partial charge in [-0.05, 0) is 73.4 Å². The summed E-state index contributed by atoms with van der Waals surface area (Å²) < 4.78 is 12.9. The molecule has 0 atom stereocenters. The molecule has 0 fully saturated rings. The number of nitrogens with one attached hydrogen (secondary N) is 2. The second-order valence-electron chi connectivity index (χ2n) is 6.82. The molecule has 5 nitrogen and oxygen atoms in total. The highest BCUT2D eigenvalue weighted by Crippen LogP contribution is 2.15. The zero-order valence-electron chi connectivity index (χ0n) is 16.3. The smallest absolute Gasteiger partial charge is 0.269 e. The maximum absolute atomic E-state index is 12.9. The molecule has 0 aliphatic carbocycles. The number of hydrogen-bond donors (Lipinski definition) is 2. The third-order valence-corrected chi connectivity index (χ3v) is 4.63. The van der Waals surface area contributed by atoms with Crippen LogP contribution < -0.4 is 10.6 Å². The number of hydrogen-bond acceptors (Lipinski definition) is 3. The molecule has 0 bridgehead atoms. The molecule has 3 rings (SSSR count). The molecule has 148 valence electrons. The van der Waals surface area contributed by atoms with Crippen LogP contribution in [0.3, 0.4) is 0 Å². The Morgan fingerprint density at radius 2 is 1.69 bits per heavy atom. The van der Waals surface area contributed by atoms with Crippen molar-refractivity contribution in [2.75, 3.05) is 11.9 Å². The van der Waals surface area contributed by atoms with Gasteiger partial charge in [0.2, 0.25) is 0 Å². The van der Waals surface area contributed by atoms with Gasteiger partial charge in [-0.15, -0.1) is 0 Å². The van der Waals surface area contributed by atoms with E-state index < -0.39 is 0 Å². The SMILES string of the molecule is Cc1ccc(NC(=O)c2ccnc(C(=O)NCCc3ccc(F)cc3)c2)cc1C. The first kappa shape index (κ1) is 20.2. The van der Waals surface area contributed by atoms with Gasteiger partial charge < -0.3 is 10.6 Å². The molecule has 3 aromatic rings. The van der Waals surface area contributed by atoms with Crippen LogP contribution in [0.1, 0.15) is 37.5 Å². The minimum atomic E-state index is -0.368. The molecule has 0 radical (unpaired) electrons. The van der Waals surface area contributed by atoms with Crippen molar-refractivity contribution in [3.8, 4) is 0 Å². The zero-order valence-corrected chi connectivity index (χ0v) is 16.3. The van der Waals surface area contributed by atoms with Gasteiger partial charge in [-0.1, -0.05) is 18.2 Å². The summed E-state index contributed by atoms with van der Waals surface area (Å²) in [6, 6.07) is 14.8. The highest BCUT2D eigenvalue weighted by molar-refractivity contribution is 6.05. The molecule has 2 amide bonds. The second-order valence-corrected chi connectivity index (χ2v) is 6.82. The lowest BCUT2D eigenvalue weighted by atomic mass is 10.1. The Bertz CT molecular complexity index is 1030. The Morgan fingerprint density at radius 1 is 0.931 bits per heavy atom. The number of aryl methyl sites for hydroxylation is 2. The normalized spacial score (nSPS) is 10.4. The van der Waals surface area contributed by atoms with E-state index in [1.54, 1.807) is 18.2 Å². The van der Waals surface area contributed by atoms with Gasteiger partial charge >= 0.3 is 0 Å². The van der Waals surface area contributed by atoms with Gasteiger partial charge in [-0.3, -0.25) is 14.6 Å². The van der Waals surface area contributed by atoms with Gasteiger partial charge in [-0.25, -0.2) is 4.39 Å². The van der Waals surface area contributed by atoms with E-state index in [0.717, 1.165) is 16.7 Å². The fourth-order valence-corrected chi connectivity index (χ4v) is 2.78. The van der Waals surface area contributed by atoms with E-state index in [-0.39, 0.29) is 23.3 Å². The molecule has 1 aromatic heterocycles. The minimum absolute atomic E-state index is 0.164. The fraction of sp³-hybridized carbons (Fsp3) is 0.174. The zero-order chi connectivity index (χ0) is 20.8. The van der Waals surface area contributed by atoms with E-state index in [0.29, 0.717) is 24.2 Å². The molecule has 0 spiro atoms. The fourth-order valence-electron chi connectivity index (χ4n) is 2.78. The predicted octanol–water partition coefficient (Wildman–Crippen LogP) is 4.06. The van der Waals surface area contributed by atoms with Crippen molar-refractivity contribution in [3.05, 3.63) is 94.6 Å². The number of rotatable bonds is 6. The second kappa shape index (κ2) is 9.10. The molecule has 0 aliphatic heterocycles. The van der Waals surface area contributed by atoms with Crippen molar-refractivity contribution in [1.29, 1.82) is 0 Å². The van der Waals surface area contributed by atoms with Gasteiger partial charge in [0, 0.05) is 24.0 Å². The minimum Gasteiger partial charge on any atom is -0.350 e. The van der Waals surface area contributed by atoms with E-state index in [9.17, 15) is 14.0 Å². The summed E-state index contributed by atoms with van der Waals surface area (Å²) in [6.07, 6.45) is 2.00. The molecule has 29 heavy (non-hydrogen) atoms. The summed E-state index contributed by atoms with van der Waals surface area (Å²) in [5.74, 6) is -0.971. The maximum atomic E-state index is 12.9. The summed E-state index contributed by atoms with van der Waals surface area (Å²) in [7, 11) is 0.